The maximum atomic E-state index is 11.8. The lowest BCUT2D eigenvalue weighted by molar-refractivity contribution is 0.101. The van der Waals surface area contributed by atoms with Gasteiger partial charge in [-0.1, -0.05) is 36.4 Å². The molecule has 0 aliphatic carbocycles. The number of benzene rings is 2. The van der Waals surface area contributed by atoms with Crippen molar-refractivity contribution in [3.63, 3.8) is 0 Å². The summed E-state index contributed by atoms with van der Waals surface area (Å²) in [5.41, 5.74) is 2.52. The van der Waals surface area contributed by atoms with Gasteiger partial charge in [0, 0.05) is 11.1 Å². The minimum atomic E-state index is 0.00376. The van der Waals surface area contributed by atoms with Gasteiger partial charge in [0.05, 0.1) is 7.11 Å². The first-order valence-corrected chi connectivity index (χ1v) is 7.15. The second kappa shape index (κ2) is 7.46. The minimum Gasteiger partial charge on any atom is -0.493 e. The Bertz CT molecular complexity index is 660. The molecule has 2 aromatic rings. The molecule has 0 heterocycles. The Kier molecular flexibility index (Phi) is 5.37. The average molecular weight is 296 g/mol. The fraction of sp³-hybridized carbons (Fsp3) is 0.211. The van der Waals surface area contributed by atoms with Crippen molar-refractivity contribution < 1.29 is 14.3 Å². The molecule has 2 rings (SSSR count). The van der Waals surface area contributed by atoms with Gasteiger partial charge in [-0.2, -0.15) is 0 Å². The quantitative estimate of drug-likeness (QED) is 0.567. The summed E-state index contributed by atoms with van der Waals surface area (Å²) in [6, 6.07) is 13.4. The number of rotatable bonds is 7. The zero-order chi connectivity index (χ0) is 15.9. The van der Waals surface area contributed by atoms with Gasteiger partial charge in [-0.15, -0.1) is 6.58 Å². The van der Waals surface area contributed by atoms with Gasteiger partial charge in [0.1, 0.15) is 6.61 Å². The van der Waals surface area contributed by atoms with E-state index >= 15 is 0 Å². The summed E-state index contributed by atoms with van der Waals surface area (Å²) in [4.78, 5) is 11.8. The van der Waals surface area contributed by atoms with Crippen LogP contribution in [0.15, 0.2) is 55.1 Å². The van der Waals surface area contributed by atoms with E-state index in [9.17, 15) is 4.79 Å². The highest BCUT2D eigenvalue weighted by molar-refractivity contribution is 5.96. The third-order valence-corrected chi connectivity index (χ3v) is 3.40. The first-order chi connectivity index (χ1) is 10.7. The van der Waals surface area contributed by atoms with Crippen LogP contribution in [0, 0.1) is 0 Å². The number of methoxy groups -OCH3 is 1. The standard InChI is InChI=1S/C19H20O3/c1-4-8-17-16(14(2)20)11-12-18(21-3)19(17)22-13-15-9-6-5-7-10-15/h4-7,9-12H,1,8,13H2,2-3H3. The van der Waals surface area contributed by atoms with Crippen molar-refractivity contribution in [2.45, 2.75) is 20.0 Å². The second-order valence-electron chi connectivity index (χ2n) is 4.95. The molecule has 2 aromatic carbocycles. The third kappa shape index (κ3) is 3.55. The van der Waals surface area contributed by atoms with Crippen LogP contribution in [0.4, 0.5) is 0 Å². The van der Waals surface area contributed by atoms with Crippen LogP contribution >= 0.6 is 0 Å². The molecule has 0 saturated heterocycles. The molecule has 0 unspecified atom stereocenters. The van der Waals surface area contributed by atoms with Crippen molar-refractivity contribution in [1.29, 1.82) is 0 Å². The van der Waals surface area contributed by atoms with Gasteiger partial charge >= 0.3 is 0 Å². The Hall–Kier alpha value is -2.55. The molecule has 0 aromatic heterocycles. The predicted octanol–water partition coefficient (Wildman–Crippen LogP) is 4.21. The van der Waals surface area contributed by atoms with Crippen LogP contribution in [-0.4, -0.2) is 12.9 Å². The maximum Gasteiger partial charge on any atom is 0.165 e. The minimum absolute atomic E-state index is 0.00376. The number of carbonyl (C=O) groups is 1. The van der Waals surface area contributed by atoms with E-state index < -0.39 is 0 Å². The van der Waals surface area contributed by atoms with Gasteiger partial charge in [0.2, 0.25) is 0 Å². The Morgan fingerprint density at radius 2 is 1.91 bits per heavy atom. The molecule has 0 aliphatic heterocycles. The van der Waals surface area contributed by atoms with Crippen molar-refractivity contribution in [2.75, 3.05) is 7.11 Å². The lowest BCUT2D eigenvalue weighted by Gasteiger charge is -2.17. The zero-order valence-corrected chi connectivity index (χ0v) is 13.0. The van der Waals surface area contributed by atoms with Gasteiger partial charge in [-0.25, -0.2) is 0 Å². The van der Waals surface area contributed by atoms with Gasteiger partial charge in [0.25, 0.3) is 0 Å². The molecule has 0 amide bonds. The summed E-state index contributed by atoms with van der Waals surface area (Å²) in [6.45, 7) is 5.73. The number of ether oxygens (including phenoxy) is 2. The first-order valence-electron chi connectivity index (χ1n) is 7.15. The van der Waals surface area contributed by atoms with Crippen molar-refractivity contribution in [2.24, 2.45) is 0 Å². The van der Waals surface area contributed by atoms with Crippen LogP contribution in [0.25, 0.3) is 0 Å². The SMILES string of the molecule is C=CCc1c(C(C)=O)ccc(OC)c1OCc1ccccc1. The number of allylic oxidation sites excluding steroid dienone is 1. The summed E-state index contributed by atoms with van der Waals surface area (Å²) < 4.78 is 11.3. The van der Waals surface area contributed by atoms with Crippen molar-refractivity contribution >= 4 is 5.78 Å². The lowest BCUT2D eigenvalue weighted by Crippen LogP contribution is -2.06. The lowest BCUT2D eigenvalue weighted by atomic mass is 9.99. The van der Waals surface area contributed by atoms with E-state index in [0.29, 0.717) is 30.1 Å². The average Bonchev–Trinajstić information content (AvgIpc) is 2.54. The highest BCUT2D eigenvalue weighted by atomic mass is 16.5. The highest BCUT2D eigenvalue weighted by Crippen LogP contribution is 2.35. The second-order valence-corrected chi connectivity index (χ2v) is 4.95. The third-order valence-electron chi connectivity index (χ3n) is 3.40. The van der Waals surface area contributed by atoms with E-state index in [0.717, 1.165) is 11.1 Å². The topological polar surface area (TPSA) is 35.5 Å². The highest BCUT2D eigenvalue weighted by Gasteiger charge is 2.17. The molecule has 3 nitrogen and oxygen atoms in total. The number of hydrogen-bond acceptors (Lipinski definition) is 3. The van der Waals surface area contributed by atoms with E-state index in [1.807, 2.05) is 30.3 Å². The molecule has 0 bridgehead atoms. The van der Waals surface area contributed by atoms with Crippen molar-refractivity contribution in [3.8, 4) is 11.5 Å². The molecule has 114 valence electrons. The summed E-state index contributed by atoms with van der Waals surface area (Å²) in [6.07, 6.45) is 2.31. The number of Topliss-reactive ketones (excluding diaryl/α,β-unsaturated/α-hetero) is 1. The van der Waals surface area contributed by atoms with Gasteiger partial charge in [-0.3, -0.25) is 4.79 Å². The van der Waals surface area contributed by atoms with Crippen LogP contribution in [0.5, 0.6) is 11.5 Å². The molecular formula is C19H20O3. The fourth-order valence-electron chi connectivity index (χ4n) is 2.33. The van der Waals surface area contributed by atoms with Crippen LogP contribution in [-0.2, 0) is 13.0 Å². The molecular weight excluding hydrogens is 276 g/mol. The Morgan fingerprint density at radius 3 is 2.50 bits per heavy atom. The normalized spacial score (nSPS) is 10.1. The molecule has 22 heavy (non-hydrogen) atoms. The van der Waals surface area contributed by atoms with Gasteiger partial charge in [0.15, 0.2) is 17.3 Å². The Labute approximate surface area is 131 Å². The van der Waals surface area contributed by atoms with E-state index in [2.05, 4.69) is 6.58 Å². The van der Waals surface area contributed by atoms with E-state index in [1.54, 1.807) is 32.2 Å². The Balaban J connectivity index is 2.39. The molecule has 3 heteroatoms. The van der Waals surface area contributed by atoms with Gasteiger partial charge in [-0.05, 0) is 31.0 Å². The van der Waals surface area contributed by atoms with Crippen molar-refractivity contribution in [3.05, 3.63) is 71.8 Å². The number of ketones is 1. The van der Waals surface area contributed by atoms with Crippen LogP contribution in [0.1, 0.15) is 28.4 Å². The van der Waals surface area contributed by atoms with E-state index in [4.69, 9.17) is 9.47 Å². The number of carbonyl (C=O) groups excluding carboxylic acids is 1. The zero-order valence-electron chi connectivity index (χ0n) is 13.0. The summed E-state index contributed by atoms with van der Waals surface area (Å²) in [5.74, 6) is 1.24. The summed E-state index contributed by atoms with van der Waals surface area (Å²) in [7, 11) is 1.59. The smallest absolute Gasteiger partial charge is 0.165 e. The van der Waals surface area contributed by atoms with Crippen LogP contribution in [0.2, 0.25) is 0 Å². The van der Waals surface area contributed by atoms with E-state index in [1.165, 1.54) is 0 Å². The van der Waals surface area contributed by atoms with Gasteiger partial charge < -0.3 is 9.47 Å². The molecule has 0 spiro atoms. The summed E-state index contributed by atoms with van der Waals surface area (Å²) >= 11 is 0. The molecule has 0 aliphatic rings. The van der Waals surface area contributed by atoms with Crippen molar-refractivity contribution in [1.82, 2.24) is 0 Å². The number of hydrogen-bond donors (Lipinski definition) is 0. The Morgan fingerprint density at radius 1 is 1.18 bits per heavy atom. The van der Waals surface area contributed by atoms with Crippen LogP contribution < -0.4 is 9.47 Å². The molecule has 0 radical (unpaired) electrons. The van der Waals surface area contributed by atoms with E-state index in [-0.39, 0.29) is 5.78 Å². The predicted molar refractivity (Wildman–Crippen MR) is 87.7 cm³/mol. The van der Waals surface area contributed by atoms with Crippen LogP contribution in [0.3, 0.4) is 0 Å². The molecule has 0 atom stereocenters. The molecule has 0 fully saturated rings. The fourth-order valence-corrected chi connectivity index (χ4v) is 2.33. The summed E-state index contributed by atoms with van der Waals surface area (Å²) in [5, 5.41) is 0. The monoisotopic (exact) mass is 296 g/mol. The molecule has 0 saturated carbocycles. The maximum absolute atomic E-state index is 11.8. The molecule has 0 N–H and O–H groups in total. The largest absolute Gasteiger partial charge is 0.493 e. The first kappa shape index (κ1) is 15.8.